The van der Waals surface area contributed by atoms with E-state index in [9.17, 15) is 57.1 Å². The average Bonchev–Trinajstić information content (AvgIpc) is 2.35. The summed E-state index contributed by atoms with van der Waals surface area (Å²) < 4.78 is 164. The van der Waals surface area contributed by atoms with Crippen molar-refractivity contribution in [3.63, 3.8) is 0 Å². The predicted molar refractivity (Wildman–Crippen MR) is 47.0 cm³/mol. The Bertz CT molecular complexity index is 424. The summed E-state index contributed by atoms with van der Waals surface area (Å²) in [6.45, 7) is -2.01. The van der Waals surface area contributed by atoms with Gasteiger partial charge in [0, 0.05) is 5.92 Å². The van der Waals surface area contributed by atoms with Gasteiger partial charge in [0.1, 0.15) is 0 Å². The van der Waals surface area contributed by atoms with E-state index in [1.165, 1.54) is 0 Å². The van der Waals surface area contributed by atoms with Crippen LogP contribution in [0, 0.1) is 5.92 Å². The highest BCUT2D eigenvalue weighted by Crippen LogP contribution is 2.61. The Labute approximate surface area is 119 Å². The number of alkyl halides is 13. The summed E-state index contributed by atoms with van der Waals surface area (Å²) in [4.78, 5) is 0. The van der Waals surface area contributed by atoms with Crippen LogP contribution in [-0.4, -0.2) is 47.5 Å². The van der Waals surface area contributed by atoms with Crippen LogP contribution in [0.5, 0.6) is 0 Å². The van der Waals surface area contributed by atoms with Crippen molar-refractivity contribution in [3.05, 3.63) is 0 Å². The second kappa shape index (κ2) is 5.55. The Balaban J connectivity index is 6.25. The Morgan fingerprint density at radius 3 is 1.17 bits per heavy atom. The van der Waals surface area contributed by atoms with E-state index in [-0.39, 0.29) is 6.92 Å². The Morgan fingerprint density at radius 2 is 0.913 bits per heavy atom. The average molecular weight is 378 g/mol. The van der Waals surface area contributed by atoms with E-state index in [4.69, 9.17) is 5.11 Å². The highest BCUT2D eigenvalue weighted by molar-refractivity contribution is 5.10. The molecule has 0 aromatic heterocycles. The first-order valence-electron chi connectivity index (χ1n) is 5.30. The first kappa shape index (κ1) is 22.1. The smallest absolute Gasteiger partial charge is 0.396 e. The molecule has 0 aliphatic carbocycles. The molecule has 0 rings (SSSR count). The van der Waals surface area contributed by atoms with E-state index >= 15 is 0 Å². The zero-order chi connectivity index (χ0) is 19.3. The van der Waals surface area contributed by atoms with Crippen molar-refractivity contribution >= 4 is 0 Å². The first-order valence-corrected chi connectivity index (χ1v) is 5.30. The van der Waals surface area contributed by atoms with Gasteiger partial charge in [0.25, 0.3) is 0 Å². The molecule has 23 heavy (non-hydrogen) atoms. The zero-order valence-electron chi connectivity index (χ0n) is 10.6. The standard InChI is InChI=1S/C9H7F13O/c1-3(2-23)4(10,11)5(12,13)6(14,15)7(16,17)8(18,19)9(20,21)22/h3,23H,2H2,1H3. The van der Waals surface area contributed by atoms with Gasteiger partial charge in [-0.1, -0.05) is 6.92 Å². The molecule has 0 saturated carbocycles. The molecule has 1 N–H and O–H groups in total. The van der Waals surface area contributed by atoms with Gasteiger partial charge >= 0.3 is 35.8 Å². The molecule has 0 bridgehead atoms. The summed E-state index contributed by atoms with van der Waals surface area (Å²) in [5.74, 6) is -40.1. The summed E-state index contributed by atoms with van der Waals surface area (Å²) in [7, 11) is 0. The van der Waals surface area contributed by atoms with Crippen LogP contribution in [0.15, 0.2) is 0 Å². The number of aliphatic hydroxyl groups is 1. The van der Waals surface area contributed by atoms with Crippen LogP contribution in [0.3, 0.4) is 0 Å². The maximum atomic E-state index is 13.1. The maximum absolute atomic E-state index is 13.1. The van der Waals surface area contributed by atoms with Crippen molar-refractivity contribution in [1.82, 2.24) is 0 Å². The van der Waals surface area contributed by atoms with Gasteiger partial charge in [-0.05, 0) is 0 Å². The third kappa shape index (κ3) is 2.82. The lowest BCUT2D eigenvalue weighted by Crippen LogP contribution is -2.71. The van der Waals surface area contributed by atoms with Gasteiger partial charge in [-0.3, -0.25) is 0 Å². The minimum atomic E-state index is -7.90. The van der Waals surface area contributed by atoms with Crippen molar-refractivity contribution in [2.75, 3.05) is 6.61 Å². The van der Waals surface area contributed by atoms with Crippen molar-refractivity contribution in [2.24, 2.45) is 5.92 Å². The van der Waals surface area contributed by atoms with E-state index in [1.807, 2.05) is 0 Å². The lowest BCUT2D eigenvalue weighted by atomic mass is 9.88. The molecule has 14 heteroatoms. The SMILES string of the molecule is CC(CO)C(F)(F)C(F)(F)C(F)(F)C(F)(F)C(F)(F)C(F)(F)F. The molecule has 0 amide bonds. The highest BCUT2D eigenvalue weighted by Gasteiger charge is 2.91. The molecule has 0 aliphatic heterocycles. The molecular formula is C9H7F13O. The van der Waals surface area contributed by atoms with E-state index < -0.39 is 48.3 Å². The lowest BCUT2D eigenvalue weighted by molar-refractivity contribution is -0.443. The molecule has 0 aromatic carbocycles. The fourth-order valence-corrected chi connectivity index (χ4v) is 1.21. The zero-order valence-corrected chi connectivity index (χ0v) is 10.6. The second-order valence-corrected chi connectivity index (χ2v) is 4.50. The Hall–Kier alpha value is -0.950. The monoisotopic (exact) mass is 378 g/mol. The molecule has 0 fully saturated rings. The minimum absolute atomic E-state index is 0.0377. The van der Waals surface area contributed by atoms with E-state index in [2.05, 4.69) is 0 Å². The molecule has 0 spiro atoms. The Morgan fingerprint density at radius 1 is 0.609 bits per heavy atom. The van der Waals surface area contributed by atoms with Crippen LogP contribution < -0.4 is 0 Å². The van der Waals surface area contributed by atoms with Crippen molar-refractivity contribution in [2.45, 2.75) is 42.7 Å². The Kier molecular flexibility index (Phi) is 5.32. The summed E-state index contributed by atoms with van der Waals surface area (Å²) in [6.07, 6.45) is -7.42. The minimum Gasteiger partial charge on any atom is -0.396 e. The van der Waals surface area contributed by atoms with E-state index in [0.29, 0.717) is 0 Å². The number of aliphatic hydroxyl groups excluding tert-OH is 1. The van der Waals surface area contributed by atoms with Crippen LogP contribution in [0.4, 0.5) is 57.1 Å². The van der Waals surface area contributed by atoms with Gasteiger partial charge in [-0.25, -0.2) is 0 Å². The largest absolute Gasteiger partial charge is 0.460 e. The second-order valence-electron chi connectivity index (χ2n) is 4.50. The van der Waals surface area contributed by atoms with Gasteiger partial charge in [-0.15, -0.1) is 0 Å². The molecule has 1 nitrogen and oxygen atoms in total. The van der Waals surface area contributed by atoms with Crippen LogP contribution in [0.1, 0.15) is 6.92 Å². The van der Waals surface area contributed by atoms with Crippen molar-refractivity contribution < 1.29 is 62.2 Å². The van der Waals surface area contributed by atoms with E-state index in [0.717, 1.165) is 0 Å². The van der Waals surface area contributed by atoms with Crippen LogP contribution in [0.25, 0.3) is 0 Å². The molecule has 0 radical (unpaired) electrons. The molecule has 1 unspecified atom stereocenters. The predicted octanol–water partition coefficient (Wildman–Crippen LogP) is 4.35. The summed E-state index contributed by atoms with van der Waals surface area (Å²) in [5.41, 5.74) is 0. The number of rotatable bonds is 6. The lowest BCUT2D eigenvalue weighted by Gasteiger charge is -2.41. The highest BCUT2D eigenvalue weighted by atomic mass is 19.4. The van der Waals surface area contributed by atoms with Crippen molar-refractivity contribution in [1.29, 1.82) is 0 Å². The normalized spacial score (nSPS) is 17.3. The van der Waals surface area contributed by atoms with Gasteiger partial charge in [0.15, 0.2) is 0 Å². The van der Waals surface area contributed by atoms with Crippen LogP contribution in [0.2, 0.25) is 0 Å². The maximum Gasteiger partial charge on any atom is 0.460 e. The first-order chi connectivity index (χ1) is 9.73. The fourth-order valence-electron chi connectivity index (χ4n) is 1.21. The van der Waals surface area contributed by atoms with Gasteiger partial charge in [0.2, 0.25) is 0 Å². The molecule has 1 atom stereocenters. The third-order valence-electron chi connectivity index (χ3n) is 2.85. The van der Waals surface area contributed by atoms with Crippen LogP contribution in [-0.2, 0) is 0 Å². The summed E-state index contributed by atoms with van der Waals surface area (Å²) in [5, 5.41) is 8.22. The van der Waals surface area contributed by atoms with Crippen LogP contribution >= 0.6 is 0 Å². The van der Waals surface area contributed by atoms with Gasteiger partial charge < -0.3 is 5.11 Å². The molecule has 140 valence electrons. The summed E-state index contributed by atoms with van der Waals surface area (Å²) in [6, 6.07) is 0. The van der Waals surface area contributed by atoms with E-state index in [1.54, 1.807) is 0 Å². The van der Waals surface area contributed by atoms with Gasteiger partial charge in [-0.2, -0.15) is 57.1 Å². The third-order valence-corrected chi connectivity index (χ3v) is 2.85. The van der Waals surface area contributed by atoms with Crippen molar-refractivity contribution in [3.8, 4) is 0 Å². The molecule has 0 aromatic rings. The molecular weight excluding hydrogens is 371 g/mol. The molecule has 0 saturated heterocycles. The quantitative estimate of drug-likeness (QED) is 0.682. The number of hydrogen-bond acceptors (Lipinski definition) is 1. The topological polar surface area (TPSA) is 20.2 Å². The molecule has 0 aliphatic rings. The summed E-state index contributed by atoms with van der Waals surface area (Å²) >= 11 is 0. The fraction of sp³-hybridized carbons (Fsp3) is 1.00. The number of halogens is 13. The number of hydrogen-bond donors (Lipinski definition) is 1. The van der Waals surface area contributed by atoms with Gasteiger partial charge in [0.05, 0.1) is 6.61 Å². The molecule has 0 heterocycles.